The number of hydrogen-bond acceptors (Lipinski definition) is 5. The molecule has 1 fully saturated rings. The second-order valence-corrected chi connectivity index (χ2v) is 4.91. The quantitative estimate of drug-likeness (QED) is 0.853. The van der Waals surface area contributed by atoms with E-state index in [4.69, 9.17) is 22.1 Å². The van der Waals surface area contributed by atoms with Crippen molar-refractivity contribution in [3.63, 3.8) is 0 Å². The van der Waals surface area contributed by atoms with Crippen LogP contribution in [0.15, 0.2) is 12.3 Å². The molecule has 1 aliphatic rings. The number of hydrogen-bond donors (Lipinski definition) is 1. The maximum atomic E-state index is 10.5. The topological polar surface area (TPSA) is 81.3 Å². The van der Waals surface area contributed by atoms with Gasteiger partial charge in [0.15, 0.2) is 0 Å². The van der Waals surface area contributed by atoms with Gasteiger partial charge < -0.3 is 15.4 Å². The third-order valence-electron chi connectivity index (χ3n) is 3.32. The number of anilines is 1. The van der Waals surface area contributed by atoms with Gasteiger partial charge in [0.25, 0.3) is 0 Å². The van der Waals surface area contributed by atoms with Crippen LogP contribution >= 0.6 is 11.6 Å². The van der Waals surface area contributed by atoms with Gasteiger partial charge in [-0.1, -0.05) is 0 Å². The Labute approximate surface area is 116 Å². The first-order valence-electron chi connectivity index (χ1n) is 6.31. The highest BCUT2D eigenvalue weighted by Gasteiger charge is 2.20. The van der Waals surface area contributed by atoms with Gasteiger partial charge in [-0.3, -0.25) is 0 Å². The van der Waals surface area contributed by atoms with Crippen molar-refractivity contribution >= 4 is 23.5 Å². The number of piperidine rings is 1. The number of aromatic nitrogens is 2. The lowest BCUT2D eigenvalue weighted by molar-refractivity contribution is 0.146. The minimum absolute atomic E-state index is 0.273. The molecule has 0 atom stereocenters. The van der Waals surface area contributed by atoms with Crippen LogP contribution < -0.4 is 10.6 Å². The van der Waals surface area contributed by atoms with Crippen LogP contribution in [-0.2, 0) is 4.74 Å². The summed E-state index contributed by atoms with van der Waals surface area (Å²) in [6.45, 7) is 2.25. The third kappa shape index (κ3) is 4.24. The Kier molecular flexibility index (Phi) is 4.79. The summed E-state index contributed by atoms with van der Waals surface area (Å²) in [5, 5.41) is 0.273. The summed E-state index contributed by atoms with van der Waals surface area (Å²) in [7, 11) is 0. The number of carbonyl (C=O) groups excluding carboxylic acids is 1. The fraction of sp³-hybridized carbons (Fsp3) is 0.583. The molecular formula is C12H17ClN4O2. The fourth-order valence-electron chi connectivity index (χ4n) is 2.28. The number of primary amides is 1. The molecule has 0 bridgehead atoms. The van der Waals surface area contributed by atoms with Crippen LogP contribution in [0, 0.1) is 5.92 Å². The van der Waals surface area contributed by atoms with Crippen LogP contribution in [0.25, 0.3) is 0 Å². The molecule has 2 rings (SSSR count). The van der Waals surface area contributed by atoms with Crippen molar-refractivity contribution in [2.75, 3.05) is 24.6 Å². The number of carbonyl (C=O) groups is 1. The van der Waals surface area contributed by atoms with E-state index in [9.17, 15) is 4.79 Å². The molecule has 0 saturated carbocycles. The van der Waals surface area contributed by atoms with Crippen LogP contribution in [-0.4, -0.2) is 35.8 Å². The molecule has 1 aromatic heterocycles. The van der Waals surface area contributed by atoms with E-state index in [2.05, 4.69) is 14.9 Å². The summed E-state index contributed by atoms with van der Waals surface area (Å²) >= 11 is 5.78. The number of ether oxygens (including phenoxy) is 1. The van der Waals surface area contributed by atoms with Crippen molar-refractivity contribution in [2.24, 2.45) is 11.7 Å². The molecule has 2 heterocycles. The SMILES string of the molecule is NC(=O)OCCC1CCN(c2ccnc(Cl)n2)CC1. The Morgan fingerprint density at radius 2 is 2.26 bits per heavy atom. The summed E-state index contributed by atoms with van der Waals surface area (Å²) in [5.41, 5.74) is 4.92. The third-order valence-corrected chi connectivity index (χ3v) is 3.50. The van der Waals surface area contributed by atoms with Crippen LogP contribution in [0.2, 0.25) is 5.28 Å². The molecule has 2 N–H and O–H groups in total. The Bertz CT molecular complexity index is 435. The molecule has 1 saturated heterocycles. The summed E-state index contributed by atoms with van der Waals surface area (Å²) in [4.78, 5) is 20.7. The van der Waals surface area contributed by atoms with Gasteiger partial charge in [0.05, 0.1) is 6.61 Å². The molecule has 19 heavy (non-hydrogen) atoms. The van der Waals surface area contributed by atoms with E-state index >= 15 is 0 Å². The van der Waals surface area contributed by atoms with Gasteiger partial charge in [-0.2, -0.15) is 0 Å². The molecule has 104 valence electrons. The molecule has 0 radical (unpaired) electrons. The van der Waals surface area contributed by atoms with Crippen molar-refractivity contribution in [2.45, 2.75) is 19.3 Å². The Morgan fingerprint density at radius 3 is 2.89 bits per heavy atom. The van der Waals surface area contributed by atoms with Crippen LogP contribution in [0.4, 0.5) is 10.6 Å². The van der Waals surface area contributed by atoms with E-state index in [1.54, 1.807) is 6.20 Å². The molecule has 0 spiro atoms. The zero-order valence-electron chi connectivity index (χ0n) is 10.6. The van der Waals surface area contributed by atoms with Crippen molar-refractivity contribution in [3.05, 3.63) is 17.5 Å². The first-order chi connectivity index (χ1) is 9.15. The largest absolute Gasteiger partial charge is 0.450 e. The van der Waals surface area contributed by atoms with Gasteiger partial charge >= 0.3 is 6.09 Å². The summed E-state index contributed by atoms with van der Waals surface area (Å²) in [5.74, 6) is 1.43. The zero-order valence-corrected chi connectivity index (χ0v) is 11.3. The van der Waals surface area contributed by atoms with Crippen molar-refractivity contribution in [1.82, 2.24) is 9.97 Å². The van der Waals surface area contributed by atoms with E-state index < -0.39 is 6.09 Å². The molecule has 0 aliphatic carbocycles. The summed E-state index contributed by atoms with van der Waals surface area (Å²) in [6.07, 6.45) is 3.92. The smallest absolute Gasteiger partial charge is 0.404 e. The highest BCUT2D eigenvalue weighted by atomic mass is 35.5. The monoisotopic (exact) mass is 284 g/mol. The maximum Gasteiger partial charge on any atom is 0.404 e. The highest BCUT2D eigenvalue weighted by Crippen LogP contribution is 2.24. The normalized spacial score (nSPS) is 16.4. The van der Waals surface area contributed by atoms with Gasteiger partial charge in [-0.15, -0.1) is 0 Å². The number of nitrogens with zero attached hydrogens (tertiary/aromatic N) is 3. The second kappa shape index (κ2) is 6.56. The fourth-order valence-corrected chi connectivity index (χ4v) is 2.42. The lowest BCUT2D eigenvalue weighted by Gasteiger charge is -2.32. The molecular weight excluding hydrogens is 268 g/mol. The van der Waals surface area contributed by atoms with Gasteiger partial charge in [-0.25, -0.2) is 14.8 Å². The van der Waals surface area contributed by atoms with Crippen molar-refractivity contribution < 1.29 is 9.53 Å². The van der Waals surface area contributed by atoms with Crippen LogP contribution in [0.3, 0.4) is 0 Å². The van der Waals surface area contributed by atoms with E-state index in [0.29, 0.717) is 12.5 Å². The van der Waals surface area contributed by atoms with E-state index in [0.717, 1.165) is 38.2 Å². The van der Waals surface area contributed by atoms with Gasteiger partial charge in [-0.05, 0) is 42.8 Å². The lowest BCUT2D eigenvalue weighted by atomic mass is 9.94. The van der Waals surface area contributed by atoms with Gasteiger partial charge in [0, 0.05) is 19.3 Å². The predicted octanol–water partition coefficient (Wildman–Crippen LogP) is 1.83. The van der Waals surface area contributed by atoms with Crippen LogP contribution in [0.5, 0.6) is 0 Å². The second-order valence-electron chi connectivity index (χ2n) is 4.57. The number of amides is 1. The molecule has 0 aromatic carbocycles. The zero-order chi connectivity index (χ0) is 13.7. The number of halogens is 1. The Morgan fingerprint density at radius 1 is 1.53 bits per heavy atom. The van der Waals surface area contributed by atoms with E-state index in [1.807, 2.05) is 6.07 Å². The molecule has 1 aromatic rings. The van der Waals surface area contributed by atoms with Crippen LogP contribution in [0.1, 0.15) is 19.3 Å². The van der Waals surface area contributed by atoms with E-state index in [1.165, 1.54) is 0 Å². The van der Waals surface area contributed by atoms with Crippen molar-refractivity contribution in [3.8, 4) is 0 Å². The lowest BCUT2D eigenvalue weighted by Crippen LogP contribution is -2.34. The van der Waals surface area contributed by atoms with Gasteiger partial charge in [0.2, 0.25) is 5.28 Å². The number of rotatable bonds is 4. The first kappa shape index (κ1) is 13.9. The Balaban J connectivity index is 1.77. The molecule has 0 unspecified atom stereocenters. The number of nitrogens with two attached hydrogens (primary N) is 1. The summed E-state index contributed by atoms with van der Waals surface area (Å²) in [6, 6.07) is 1.86. The maximum absolute atomic E-state index is 10.5. The van der Waals surface area contributed by atoms with Crippen molar-refractivity contribution in [1.29, 1.82) is 0 Å². The Hall–Kier alpha value is -1.56. The summed E-state index contributed by atoms with van der Waals surface area (Å²) < 4.78 is 4.76. The molecule has 1 amide bonds. The minimum Gasteiger partial charge on any atom is -0.450 e. The minimum atomic E-state index is -0.701. The predicted molar refractivity (Wildman–Crippen MR) is 72.1 cm³/mol. The molecule has 7 heteroatoms. The standard InChI is InChI=1S/C12H17ClN4O2/c13-11-15-5-1-10(16-11)17-6-2-9(3-7-17)4-8-19-12(14)18/h1,5,9H,2-4,6-8H2,(H2,14,18). The average Bonchev–Trinajstić information content (AvgIpc) is 2.39. The molecule has 1 aliphatic heterocycles. The van der Waals surface area contributed by atoms with E-state index in [-0.39, 0.29) is 5.28 Å². The highest BCUT2D eigenvalue weighted by molar-refractivity contribution is 6.28. The molecule has 6 nitrogen and oxygen atoms in total. The van der Waals surface area contributed by atoms with Gasteiger partial charge in [0.1, 0.15) is 5.82 Å². The average molecular weight is 285 g/mol. The first-order valence-corrected chi connectivity index (χ1v) is 6.68.